The fraction of sp³-hybridized carbons (Fsp3) is 0.500. The van der Waals surface area contributed by atoms with Gasteiger partial charge in [-0.05, 0) is 46.3 Å². The normalized spacial score (nSPS) is 12.3. The van der Waals surface area contributed by atoms with E-state index < -0.39 is 16.0 Å². The van der Waals surface area contributed by atoms with Crippen LogP contribution in [0.4, 0.5) is 0 Å². The average Bonchev–Trinajstić information content (AvgIpc) is 2.36. The molecule has 0 spiro atoms. The lowest BCUT2D eigenvalue weighted by Crippen LogP contribution is -2.28. The Bertz CT molecular complexity index is 599. The molecule has 0 aromatic heterocycles. The SMILES string of the molecule is CC(C)(CCNS(=O)(=O)c1ccccc1Br)CCC(=O)O. The van der Waals surface area contributed by atoms with Crippen molar-refractivity contribution in [2.45, 2.75) is 38.0 Å². The largest absolute Gasteiger partial charge is 0.481 e. The molecule has 0 saturated carbocycles. The molecule has 0 amide bonds. The van der Waals surface area contributed by atoms with E-state index in [2.05, 4.69) is 20.7 Å². The zero-order chi connectivity index (χ0) is 16.1. The first-order valence-corrected chi connectivity index (χ1v) is 8.88. The van der Waals surface area contributed by atoms with E-state index in [1.54, 1.807) is 18.2 Å². The Labute approximate surface area is 133 Å². The molecule has 118 valence electrons. The highest BCUT2D eigenvalue weighted by Crippen LogP contribution is 2.27. The molecule has 0 aliphatic heterocycles. The van der Waals surface area contributed by atoms with Crippen LogP contribution in [0.25, 0.3) is 0 Å². The number of benzene rings is 1. The first kappa shape index (κ1) is 18.1. The second-order valence-electron chi connectivity index (χ2n) is 5.64. The standard InChI is InChI=1S/C14H20BrNO4S/c1-14(2,8-7-13(17)18)9-10-16-21(19,20)12-6-4-3-5-11(12)15/h3-6,16H,7-10H2,1-2H3,(H,17,18). The van der Waals surface area contributed by atoms with Gasteiger partial charge in [0.2, 0.25) is 10.0 Å². The fourth-order valence-corrected chi connectivity index (χ4v) is 3.87. The number of carbonyl (C=O) groups is 1. The molecule has 0 unspecified atom stereocenters. The Morgan fingerprint density at radius 1 is 1.29 bits per heavy atom. The van der Waals surface area contributed by atoms with E-state index in [-0.39, 0.29) is 23.3 Å². The summed E-state index contributed by atoms with van der Waals surface area (Å²) in [7, 11) is -3.56. The van der Waals surface area contributed by atoms with E-state index in [0.29, 0.717) is 17.3 Å². The van der Waals surface area contributed by atoms with Gasteiger partial charge in [0.25, 0.3) is 0 Å². The van der Waals surface area contributed by atoms with Crippen LogP contribution in [-0.4, -0.2) is 26.0 Å². The van der Waals surface area contributed by atoms with Crippen molar-refractivity contribution in [3.8, 4) is 0 Å². The van der Waals surface area contributed by atoms with Gasteiger partial charge in [0.15, 0.2) is 0 Å². The predicted octanol–water partition coefficient (Wildman–Crippen LogP) is 3.01. The highest BCUT2D eigenvalue weighted by Gasteiger charge is 2.21. The van der Waals surface area contributed by atoms with E-state index in [0.717, 1.165) is 0 Å². The number of aliphatic carboxylic acids is 1. The number of carboxylic acids is 1. The molecule has 7 heteroatoms. The zero-order valence-corrected chi connectivity index (χ0v) is 14.5. The number of rotatable bonds is 8. The van der Waals surface area contributed by atoms with Crippen LogP contribution in [0.15, 0.2) is 33.6 Å². The van der Waals surface area contributed by atoms with Gasteiger partial charge in [-0.3, -0.25) is 4.79 Å². The number of halogens is 1. The first-order valence-electron chi connectivity index (χ1n) is 6.60. The summed E-state index contributed by atoms with van der Waals surface area (Å²) in [6.45, 7) is 4.14. The van der Waals surface area contributed by atoms with Crippen molar-refractivity contribution >= 4 is 31.9 Å². The third-order valence-electron chi connectivity index (χ3n) is 3.24. The van der Waals surface area contributed by atoms with E-state index in [9.17, 15) is 13.2 Å². The van der Waals surface area contributed by atoms with Gasteiger partial charge in [-0.2, -0.15) is 0 Å². The summed E-state index contributed by atoms with van der Waals surface area (Å²) in [5, 5.41) is 8.69. The second-order valence-corrected chi connectivity index (χ2v) is 8.23. The number of carboxylic acid groups (broad SMARTS) is 1. The number of sulfonamides is 1. The highest BCUT2D eigenvalue weighted by molar-refractivity contribution is 9.10. The molecule has 0 atom stereocenters. The molecule has 0 aliphatic carbocycles. The molecule has 1 aromatic rings. The third kappa shape index (κ3) is 6.15. The molecule has 0 heterocycles. The van der Waals surface area contributed by atoms with Gasteiger partial charge >= 0.3 is 5.97 Å². The number of hydrogen-bond donors (Lipinski definition) is 2. The van der Waals surface area contributed by atoms with Gasteiger partial charge in [0.05, 0.1) is 4.90 Å². The van der Waals surface area contributed by atoms with Crippen LogP contribution in [-0.2, 0) is 14.8 Å². The van der Waals surface area contributed by atoms with Crippen LogP contribution < -0.4 is 4.72 Å². The van der Waals surface area contributed by atoms with Crippen LogP contribution in [0, 0.1) is 5.41 Å². The number of nitrogens with one attached hydrogen (secondary N) is 1. The first-order chi connectivity index (χ1) is 9.64. The van der Waals surface area contributed by atoms with Crippen molar-refractivity contribution in [3.63, 3.8) is 0 Å². The Morgan fingerprint density at radius 3 is 2.48 bits per heavy atom. The van der Waals surface area contributed by atoms with Crippen molar-refractivity contribution in [3.05, 3.63) is 28.7 Å². The molecule has 0 fully saturated rings. The van der Waals surface area contributed by atoms with Gasteiger partial charge < -0.3 is 5.11 Å². The highest BCUT2D eigenvalue weighted by atomic mass is 79.9. The minimum absolute atomic E-state index is 0.0873. The summed E-state index contributed by atoms with van der Waals surface area (Å²) >= 11 is 3.22. The van der Waals surface area contributed by atoms with E-state index >= 15 is 0 Å². The maximum Gasteiger partial charge on any atom is 0.303 e. The van der Waals surface area contributed by atoms with Crippen molar-refractivity contribution < 1.29 is 18.3 Å². The fourth-order valence-electron chi connectivity index (χ4n) is 1.83. The van der Waals surface area contributed by atoms with Gasteiger partial charge in [-0.25, -0.2) is 13.1 Å². The molecular weight excluding hydrogens is 358 g/mol. The quantitative estimate of drug-likeness (QED) is 0.729. The van der Waals surface area contributed by atoms with Gasteiger partial charge in [0.1, 0.15) is 0 Å². The maximum atomic E-state index is 12.2. The van der Waals surface area contributed by atoms with Crippen LogP contribution in [0.3, 0.4) is 0 Å². The summed E-state index contributed by atoms with van der Waals surface area (Å²) in [5.41, 5.74) is -0.227. The average molecular weight is 378 g/mol. The van der Waals surface area contributed by atoms with Crippen LogP contribution in [0.1, 0.15) is 33.1 Å². The van der Waals surface area contributed by atoms with Crippen molar-refractivity contribution in [2.75, 3.05) is 6.54 Å². The minimum Gasteiger partial charge on any atom is -0.481 e. The Hall–Kier alpha value is -0.920. The Balaban J connectivity index is 2.59. The molecule has 0 aliphatic rings. The molecule has 21 heavy (non-hydrogen) atoms. The lowest BCUT2D eigenvalue weighted by Gasteiger charge is -2.23. The molecule has 0 bridgehead atoms. The van der Waals surface area contributed by atoms with Crippen LogP contribution in [0.2, 0.25) is 0 Å². The zero-order valence-electron chi connectivity index (χ0n) is 12.1. The van der Waals surface area contributed by atoms with Crippen LogP contribution in [0.5, 0.6) is 0 Å². The summed E-state index contributed by atoms with van der Waals surface area (Å²) in [6.07, 6.45) is 1.17. The minimum atomic E-state index is -3.56. The summed E-state index contributed by atoms with van der Waals surface area (Å²) in [4.78, 5) is 10.8. The second kappa shape index (κ2) is 7.38. The monoisotopic (exact) mass is 377 g/mol. The Morgan fingerprint density at radius 2 is 1.90 bits per heavy atom. The van der Waals surface area contributed by atoms with Gasteiger partial charge in [-0.15, -0.1) is 0 Å². The smallest absolute Gasteiger partial charge is 0.303 e. The summed E-state index contributed by atoms with van der Waals surface area (Å²) in [6, 6.07) is 6.61. The predicted molar refractivity (Wildman–Crippen MR) is 84.6 cm³/mol. The molecule has 2 N–H and O–H groups in total. The topological polar surface area (TPSA) is 83.5 Å². The van der Waals surface area contributed by atoms with E-state index in [4.69, 9.17) is 5.11 Å². The molecular formula is C14H20BrNO4S. The van der Waals surface area contributed by atoms with Gasteiger partial charge in [0, 0.05) is 17.4 Å². The van der Waals surface area contributed by atoms with E-state index in [1.165, 1.54) is 6.07 Å². The van der Waals surface area contributed by atoms with Gasteiger partial charge in [-0.1, -0.05) is 26.0 Å². The van der Waals surface area contributed by atoms with Crippen LogP contribution >= 0.6 is 15.9 Å². The Kier molecular flexibility index (Phi) is 6.37. The van der Waals surface area contributed by atoms with Crippen molar-refractivity contribution in [1.82, 2.24) is 4.72 Å². The molecule has 0 radical (unpaired) electrons. The third-order valence-corrected chi connectivity index (χ3v) is 5.71. The summed E-state index contributed by atoms with van der Waals surface area (Å²) < 4.78 is 27.4. The lowest BCUT2D eigenvalue weighted by molar-refractivity contribution is -0.137. The van der Waals surface area contributed by atoms with Crippen molar-refractivity contribution in [1.29, 1.82) is 0 Å². The molecule has 0 saturated heterocycles. The molecule has 1 aromatic carbocycles. The molecule has 5 nitrogen and oxygen atoms in total. The van der Waals surface area contributed by atoms with E-state index in [1.807, 2.05) is 13.8 Å². The maximum absolute atomic E-state index is 12.2. The van der Waals surface area contributed by atoms with Crippen molar-refractivity contribution in [2.24, 2.45) is 5.41 Å². The molecule has 1 rings (SSSR count). The lowest BCUT2D eigenvalue weighted by atomic mass is 9.84. The summed E-state index contributed by atoms with van der Waals surface area (Å²) in [5.74, 6) is -0.836. The number of hydrogen-bond acceptors (Lipinski definition) is 3.